The molecule has 4 heteroatoms. The minimum Gasteiger partial charge on any atom is -0.487 e. The van der Waals surface area contributed by atoms with E-state index in [0.717, 1.165) is 18.7 Å². The molecule has 0 aliphatic carbocycles. The Morgan fingerprint density at radius 2 is 2.10 bits per heavy atom. The predicted molar refractivity (Wildman–Crippen MR) is 77.9 cm³/mol. The van der Waals surface area contributed by atoms with Crippen LogP contribution in [0.3, 0.4) is 0 Å². The number of Topliss-reactive ketones (excluding diaryl/α,β-unsaturated/α-hetero) is 1. The number of benzene rings is 1. The fourth-order valence-electron chi connectivity index (χ4n) is 2.08. The quantitative estimate of drug-likeness (QED) is 0.725. The topological polar surface area (TPSA) is 44.1 Å². The van der Waals surface area contributed by atoms with Crippen molar-refractivity contribution in [2.24, 2.45) is 0 Å². The van der Waals surface area contributed by atoms with Gasteiger partial charge in [-0.05, 0) is 18.6 Å². The molecule has 2 aromatic rings. The zero-order valence-corrected chi connectivity index (χ0v) is 12.0. The number of rotatable bonds is 7. The number of imidazole rings is 1. The Balaban J connectivity index is 2.11. The summed E-state index contributed by atoms with van der Waals surface area (Å²) in [6, 6.07) is 7.39. The van der Waals surface area contributed by atoms with Crippen molar-refractivity contribution < 1.29 is 9.53 Å². The van der Waals surface area contributed by atoms with Crippen LogP contribution in [-0.2, 0) is 13.2 Å². The molecule has 0 unspecified atom stereocenters. The highest BCUT2D eigenvalue weighted by Gasteiger charge is 2.11. The first kappa shape index (κ1) is 14.3. The monoisotopic (exact) mass is 272 g/mol. The lowest BCUT2D eigenvalue weighted by atomic mass is 10.1. The maximum Gasteiger partial charge on any atom is 0.166 e. The number of hydrogen-bond donors (Lipinski definition) is 0. The van der Waals surface area contributed by atoms with E-state index in [1.54, 1.807) is 6.20 Å². The predicted octanol–water partition coefficient (Wildman–Crippen LogP) is 3.46. The summed E-state index contributed by atoms with van der Waals surface area (Å²) in [4.78, 5) is 16.0. The van der Waals surface area contributed by atoms with E-state index >= 15 is 0 Å². The van der Waals surface area contributed by atoms with Crippen molar-refractivity contribution in [3.05, 3.63) is 48.0 Å². The molecule has 4 nitrogen and oxygen atoms in total. The van der Waals surface area contributed by atoms with E-state index in [1.165, 1.54) is 0 Å². The highest BCUT2D eigenvalue weighted by atomic mass is 16.5. The smallest absolute Gasteiger partial charge is 0.166 e. The Morgan fingerprint density at radius 1 is 1.30 bits per heavy atom. The van der Waals surface area contributed by atoms with Crippen LogP contribution in [0.5, 0.6) is 5.75 Å². The molecule has 0 N–H and O–H groups in total. The van der Waals surface area contributed by atoms with E-state index in [2.05, 4.69) is 16.5 Å². The highest BCUT2D eigenvalue weighted by Crippen LogP contribution is 2.20. The third kappa shape index (κ3) is 3.26. The van der Waals surface area contributed by atoms with Gasteiger partial charge in [0.05, 0.1) is 23.8 Å². The van der Waals surface area contributed by atoms with Crippen molar-refractivity contribution in [2.75, 3.05) is 0 Å². The van der Waals surface area contributed by atoms with E-state index < -0.39 is 0 Å². The van der Waals surface area contributed by atoms with Gasteiger partial charge < -0.3 is 9.30 Å². The van der Waals surface area contributed by atoms with Gasteiger partial charge in [-0.3, -0.25) is 4.79 Å². The minimum atomic E-state index is 0.0997. The van der Waals surface area contributed by atoms with Gasteiger partial charge in [0, 0.05) is 13.0 Å². The lowest BCUT2D eigenvalue weighted by molar-refractivity contribution is 0.0983. The first-order chi connectivity index (χ1) is 9.76. The van der Waals surface area contributed by atoms with Crippen molar-refractivity contribution in [1.82, 2.24) is 9.55 Å². The summed E-state index contributed by atoms with van der Waals surface area (Å²) in [5.41, 5.74) is 1.67. The molecule has 1 heterocycles. The molecule has 0 bridgehead atoms. The molecule has 0 aliphatic rings. The molecule has 1 aromatic heterocycles. The van der Waals surface area contributed by atoms with Gasteiger partial charge in [-0.25, -0.2) is 4.98 Å². The molecular formula is C16H20N2O2. The van der Waals surface area contributed by atoms with Crippen molar-refractivity contribution in [3.63, 3.8) is 0 Å². The fourth-order valence-corrected chi connectivity index (χ4v) is 2.08. The van der Waals surface area contributed by atoms with E-state index in [1.807, 2.05) is 37.5 Å². The van der Waals surface area contributed by atoms with Gasteiger partial charge >= 0.3 is 0 Å². The van der Waals surface area contributed by atoms with E-state index in [4.69, 9.17) is 4.74 Å². The first-order valence-electron chi connectivity index (χ1n) is 7.00. The van der Waals surface area contributed by atoms with Gasteiger partial charge in [0.2, 0.25) is 0 Å². The largest absolute Gasteiger partial charge is 0.487 e. The number of hydrogen-bond acceptors (Lipinski definition) is 3. The maximum atomic E-state index is 11.9. The van der Waals surface area contributed by atoms with Crippen molar-refractivity contribution in [3.8, 4) is 5.75 Å². The molecule has 0 aliphatic heterocycles. The second-order valence-corrected chi connectivity index (χ2v) is 4.64. The summed E-state index contributed by atoms with van der Waals surface area (Å²) in [6.45, 7) is 5.33. The summed E-state index contributed by atoms with van der Waals surface area (Å²) in [6.07, 6.45) is 5.15. The van der Waals surface area contributed by atoms with Crippen LogP contribution in [0.1, 0.15) is 42.7 Å². The molecular weight excluding hydrogens is 252 g/mol. The number of carbonyl (C=O) groups is 1. The molecule has 0 spiro atoms. The lowest BCUT2D eigenvalue weighted by Crippen LogP contribution is -2.07. The molecule has 106 valence electrons. The number of carbonyl (C=O) groups excluding carboxylic acids is 1. The van der Waals surface area contributed by atoms with Crippen LogP contribution in [0.15, 0.2) is 36.8 Å². The van der Waals surface area contributed by atoms with Gasteiger partial charge in [-0.15, -0.1) is 0 Å². The SMILES string of the molecule is CCCn1cncc1COc1ccccc1C(=O)CC. The van der Waals surface area contributed by atoms with E-state index in [9.17, 15) is 4.79 Å². The maximum absolute atomic E-state index is 11.9. The zero-order valence-electron chi connectivity index (χ0n) is 12.0. The molecule has 1 aromatic carbocycles. The van der Waals surface area contributed by atoms with E-state index in [0.29, 0.717) is 24.3 Å². The number of aryl methyl sites for hydroxylation is 1. The van der Waals surface area contributed by atoms with Crippen LogP contribution in [0.4, 0.5) is 0 Å². The van der Waals surface area contributed by atoms with Gasteiger partial charge in [-0.1, -0.05) is 26.0 Å². The third-order valence-electron chi connectivity index (χ3n) is 3.15. The van der Waals surface area contributed by atoms with Crippen LogP contribution in [-0.4, -0.2) is 15.3 Å². The number of ketones is 1. The van der Waals surface area contributed by atoms with Gasteiger partial charge in [0.1, 0.15) is 12.4 Å². The molecule has 0 saturated heterocycles. The van der Waals surface area contributed by atoms with Crippen molar-refractivity contribution in [2.45, 2.75) is 39.8 Å². The molecule has 20 heavy (non-hydrogen) atoms. The molecule has 0 radical (unpaired) electrons. The summed E-state index contributed by atoms with van der Waals surface area (Å²) in [5, 5.41) is 0. The Kier molecular flexibility index (Phi) is 4.93. The lowest BCUT2D eigenvalue weighted by Gasteiger charge is -2.11. The van der Waals surface area contributed by atoms with Crippen LogP contribution >= 0.6 is 0 Å². The van der Waals surface area contributed by atoms with E-state index in [-0.39, 0.29) is 5.78 Å². The zero-order chi connectivity index (χ0) is 14.4. The van der Waals surface area contributed by atoms with Crippen LogP contribution in [0.2, 0.25) is 0 Å². The third-order valence-corrected chi connectivity index (χ3v) is 3.15. The Hall–Kier alpha value is -2.10. The van der Waals surface area contributed by atoms with Crippen LogP contribution < -0.4 is 4.74 Å². The Morgan fingerprint density at radius 3 is 2.85 bits per heavy atom. The number of para-hydroxylation sites is 1. The summed E-state index contributed by atoms with van der Waals surface area (Å²) in [5.74, 6) is 0.742. The van der Waals surface area contributed by atoms with Gasteiger partial charge in [-0.2, -0.15) is 0 Å². The van der Waals surface area contributed by atoms with Gasteiger partial charge in [0.25, 0.3) is 0 Å². The average molecular weight is 272 g/mol. The van der Waals surface area contributed by atoms with Crippen molar-refractivity contribution in [1.29, 1.82) is 0 Å². The number of nitrogens with zero attached hydrogens (tertiary/aromatic N) is 2. The number of ether oxygens (including phenoxy) is 1. The second-order valence-electron chi connectivity index (χ2n) is 4.64. The molecule has 0 amide bonds. The van der Waals surface area contributed by atoms with Crippen LogP contribution in [0.25, 0.3) is 0 Å². The Bertz CT molecular complexity index is 575. The molecule has 0 fully saturated rings. The molecule has 0 atom stereocenters. The van der Waals surface area contributed by atoms with Crippen LogP contribution in [0, 0.1) is 0 Å². The molecule has 0 saturated carbocycles. The first-order valence-corrected chi connectivity index (χ1v) is 7.00. The number of aromatic nitrogens is 2. The summed E-state index contributed by atoms with van der Waals surface area (Å²) in [7, 11) is 0. The van der Waals surface area contributed by atoms with Crippen molar-refractivity contribution >= 4 is 5.78 Å². The van der Waals surface area contributed by atoms with Gasteiger partial charge in [0.15, 0.2) is 5.78 Å². The molecule has 2 rings (SSSR count). The highest BCUT2D eigenvalue weighted by molar-refractivity contribution is 5.98. The second kappa shape index (κ2) is 6.89. The standard InChI is InChI=1S/C16H20N2O2/c1-3-9-18-12-17-10-13(18)11-20-16-8-6-5-7-14(16)15(19)4-2/h5-8,10,12H,3-4,9,11H2,1-2H3. The minimum absolute atomic E-state index is 0.0997. The summed E-state index contributed by atoms with van der Waals surface area (Å²) >= 11 is 0. The Labute approximate surface area is 119 Å². The fraction of sp³-hybridized carbons (Fsp3) is 0.375. The average Bonchev–Trinajstić information content (AvgIpc) is 2.92. The normalized spacial score (nSPS) is 10.5. The summed E-state index contributed by atoms with van der Waals surface area (Å²) < 4.78 is 7.88.